The van der Waals surface area contributed by atoms with Crippen LogP contribution in [0, 0.1) is 0 Å². The van der Waals surface area contributed by atoms with Crippen LogP contribution in [0.4, 0.5) is 5.69 Å². The first kappa shape index (κ1) is 11.4. The molecule has 0 amide bonds. The fourth-order valence-electron chi connectivity index (χ4n) is 1.07. The normalized spacial score (nSPS) is 11.1. The van der Waals surface area contributed by atoms with Gasteiger partial charge in [0.2, 0.25) is 0 Å². The molecule has 3 N–H and O–H groups in total. The van der Waals surface area contributed by atoms with Crippen LogP contribution in [0.25, 0.3) is 0 Å². The molecule has 0 aliphatic carbocycles. The van der Waals surface area contributed by atoms with Crippen LogP contribution >= 0.6 is 0 Å². The molecule has 0 atom stereocenters. The van der Waals surface area contributed by atoms with Crippen LogP contribution in [0.3, 0.4) is 0 Å². The molecule has 1 aromatic carbocycles. The van der Waals surface area contributed by atoms with E-state index in [2.05, 4.69) is 0 Å². The quantitative estimate of drug-likeness (QED) is 0.547. The average Bonchev–Trinajstić information content (AvgIpc) is 1.99. The van der Waals surface area contributed by atoms with E-state index in [1.165, 1.54) is 18.2 Å². The molecule has 0 heterocycles. The van der Waals surface area contributed by atoms with E-state index in [1.807, 2.05) is 0 Å². The predicted octanol–water partition coefficient (Wildman–Crippen LogP) is 1.93. The molecule has 1 rings (SSSR count). The molecule has 4 heteroatoms. The molecule has 0 unspecified atom stereocenters. The first-order valence-electron chi connectivity index (χ1n) is 4.61. The van der Waals surface area contributed by atoms with Crippen LogP contribution in [0.2, 0.25) is 0 Å². The van der Waals surface area contributed by atoms with Crippen molar-refractivity contribution in [3.8, 4) is 5.75 Å². The van der Waals surface area contributed by atoms with Gasteiger partial charge in [0.1, 0.15) is 11.4 Å². The van der Waals surface area contributed by atoms with Gasteiger partial charge in [0.05, 0.1) is 5.56 Å². The monoisotopic (exact) mass is 209 g/mol. The number of phenols is 1. The van der Waals surface area contributed by atoms with Crippen molar-refractivity contribution in [2.45, 2.75) is 26.4 Å². The van der Waals surface area contributed by atoms with Crippen LogP contribution in [0.5, 0.6) is 5.75 Å². The topological polar surface area (TPSA) is 72.5 Å². The summed E-state index contributed by atoms with van der Waals surface area (Å²) in [6, 6.07) is 4.16. The van der Waals surface area contributed by atoms with Gasteiger partial charge < -0.3 is 15.6 Å². The molecule has 82 valence electrons. The summed E-state index contributed by atoms with van der Waals surface area (Å²) in [7, 11) is 0. The molecule has 0 aromatic heterocycles. The van der Waals surface area contributed by atoms with E-state index in [1.54, 1.807) is 20.8 Å². The van der Waals surface area contributed by atoms with Crippen molar-refractivity contribution in [3.63, 3.8) is 0 Å². The summed E-state index contributed by atoms with van der Waals surface area (Å²) in [5.41, 5.74) is 5.50. The summed E-state index contributed by atoms with van der Waals surface area (Å²) in [6.45, 7) is 5.34. The number of hydrogen-bond donors (Lipinski definition) is 2. The van der Waals surface area contributed by atoms with Crippen molar-refractivity contribution >= 4 is 11.7 Å². The molecular formula is C11H15NO3. The zero-order valence-electron chi connectivity index (χ0n) is 9.07. The van der Waals surface area contributed by atoms with Crippen molar-refractivity contribution < 1.29 is 14.6 Å². The summed E-state index contributed by atoms with van der Waals surface area (Å²) >= 11 is 0. The van der Waals surface area contributed by atoms with Gasteiger partial charge in [-0.1, -0.05) is 0 Å². The lowest BCUT2D eigenvalue weighted by atomic mass is 10.1. The number of carbonyl (C=O) groups excluding carboxylic acids is 1. The Kier molecular flexibility index (Phi) is 2.88. The fraction of sp³-hybridized carbons (Fsp3) is 0.364. The second-order valence-corrected chi connectivity index (χ2v) is 4.27. The third-order valence-corrected chi connectivity index (χ3v) is 1.65. The highest BCUT2D eigenvalue weighted by Crippen LogP contribution is 2.21. The smallest absolute Gasteiger partial charge is 0.340 e. The van der Waals surface area contributed by atoms with Gasteiger partial charge in [-0.05, 0) is 32.9 Å². The number of ether oxygens (including phenoxy) is 1. The Morgan fingerprint density at radius 2 is 2.00 bits per heavy atom. The molecule has 0 spiro atoms. The van der Waals surface area contributed by atoms with Gasteiger partial charge in [-0.15, -0.1) is 0 Å². The number of carbonyl (C=O) groups is 1. The van der Waals surface area contributed by atoms with Crippen molar-refractivity contribution in [1.29, 1.82) is 0 Å². The molecule has 0 aliphatic rings. The fourth-order valence-corrected chi connectivity index (χ4v) is 1.07. The van der Waals surface area contributed by atoms with Crippen LogP contribution in [0.1, 0.15) is 31.1 Å². The van der Waals surface area contributed by atoms with Gasteiger partial charge in [0.25, 0.3) is 0 Å². The number of esters is 1. The van der Waals surface area contributed by atoms with Crippen LogP contribution in [-0.4, -0.2) is 16.7 Å². The first-order chi connectivity index (χ1) is 6.79. The highest BCUT2D eigenvalue weighted by atomic mass is 16.6. The van der Waals surface area contributed by atoms with Gasteiger partial charge in [0, 0.05) is 11.8 Å². The minimum atomic E-state index is -0.554. The summed E-state index contributed by atoms with van der Waals surface area (Å²) in [5, 5.41) is 9.12. The Morgan fingerprint density at radius 3 is 2.47 bits per heavy atom. The maximum Gasteiger partial charge on any atom is 0.340 e. The van der Waals surface area contributed by atoms with E-state index >= 15 is 0 Å². The van der Waals surface area contributed by atoms with Crippen molar-refractivity contribution in [2.24, 2.45) is 0 Å². The molecule has 0 saturated heterocycles. The van der Waals surface area contributed by atoms with Crippen LogP contribution < -0.4 is 5.73 Å². The van der Waals surface area contributed by atoms with E-state index in [4.69, 9.17) is 15.6 Å². The van der Waals surface area contributed by atoms with Gasteiger partial charge >= 0.3 is 5.97 Å². The number of rotatable bonds is 1. The zero-order valence-corrected chi connectivity index (χ0v) is 9.07. The molecule has 0 saturated carbocycles. The van der Waals surface area contributed by atoms with Crippen LogP contribution in [0.15, 0.2) is 18.2 Å². The minimum Gasteiger partial charge on any atom is -0.508 e. The first-order valence-corrected chi connectivity index (χ1v) is 4.61. The van der Waals surface area contributed by atoms with Crippen molar-refractivity contribution in [2.75, 3.05) is 5.73 Å². The minimum absolute atomic E-state index is 0.0276. The molecule has 4 nitrogen and oxygen atoms in total. The predicted molar refractivity (Wildman–Crippen MR) is 57.7 cm³/mol. The van der Waals surface area contributed by atoms with Gasteiger partial charge in [-0.3, -0.25) is 0 Å². The Bertz CT molecular complexity index is 380. The average molecular weight is 209 g/mol. The maximum absolute atomic E-state index is 11.6. The second-order valence-electron chi connectivity index (χ2n) is 4.27. The highest BCUT2D eigenvalue weighted by Gasteiger charge is 2.19. The molecule has 0 aliphatic heterocycles. The summed E-state index contributed by atoms with van der Waals surface area (Å²) in [5.74, 6) is -0.459. The van der Waals surface area contributed by atoms with Gasteiger partial charge in [-0.25, -0.2) is 4.79 Å². The lowest BCUT2D eigenvalue weighted by molar-refractivity contribution is 0.00708. The summed E-state index contributed by atoms with van der Waals surface area (Å²) in [6.07, 6.45) is 0. The molecule has 0 bridgehead atoms. The number of benzene rings is 1. The van der Waals surface area contributed by atoms with E-state index in [0.29, 0.717) is 0 Å². The third kappa shape index (κ3) is 3.16. The lowest BCUT2D eigenvalue weighted by Gasteiger charge is -2.19. The zero-order chi connectivity index (χ0) is 11.6. The third-order valence-electron chi connectivity index (χ3n) is 1.65. The van der Waals surface area contributed by atoms with Crippen LogP contribution in [-0.2, 0) is 4.74 Å². The van der Waals surface area contributed by atoms with E-state index < -0.39 is 11.6 Å². The summed E-state index contributed by atoms with van der Waals surface area (Å²) < 4.78 is 5.14. The number of phenolic OH excluding ortho intramolecular Hbond substituents is 1. The molecule has 15 heavy (non-hydrogen) atoms. The molecule has 1 aromatic rings. The number of anilines is 1. The number of hydrogen-bond acceptors (Lipinski definition) is 4. The molecule has 0 fully saturated rings. The van der Waals surface area contributed by atoms with Crippen molar-refractivity contribution in [1.82, 2.24) is 0 Å². The van der Waals surface area contributed by atoms with Gasteiger partial charge in [0.15, 0.2) is 0 Å². The number of nitrogens with two attached hydrogens (primary N) is 1. The second kappa shape index (κ2) is 3.81. The largest absolute Gasteiger partial charge is 0.508 e. The van der Waals surface area contributed by atoms with E-state index in [9.17, 15) is 4.79 Å². The van der Waals surface area contributed by atoms with Gasteiger partial charge in [-0.2, -0.15) is 0 Å². The number of aromatic hydroxyl groups is 1. The van der Waals surface area contributed by atoms with E-state index in [-0.39, 0.29) is 17.0 Å². The highest BCUT2D eigenvalue weighted by molar-refractivity contribution is 5.95. The Hall–Kier alpha value is -1.71. The SMILES string of the molecule is CC(C)(C)OC(=O)c1ccc(O)cc1N. The maximum atomic E-state index is 11.6. The number of nitrogen functional groups attached to an aromatic ring is 1. The Labute approximate surface area is 88.7 Å². The van der Waals surface area contributed by atoms with Crippen molar-refractivity contribution in [3.05, 3.63) is 23.8 Å². The Morgan fingerprint density at radius 1 is 1.40 bits per heavy atom. The Balaban J connectivity index is 2.92. The molecule has 0 radical (unpaired) electrons. The van der Waals surface area contributed by atoms with E-state index in [0.717, 1.165) is 0 Å². The summed E-state index contributed by atoms with van der Waals surface area (Å²) in [4.78, 5) is 11.6. The lowest BCUT2D eigenvalue weighted by Crippen LogP contribution is -2.24. The standard InChI is InChI=1S/C11H15NO3/c1-11(2,3)15-10(14)8-5-4-7(13)6-9(8)12/h4-6,13H,12H2,1-3H3. The molecular weight excluding hydrogens is 194 g/mol.